The van der Waals surface area contributed by atoms with Crippen LogP contribution in [-0.2, 0) is 0 Å². The van der Waals surface area contributed by atoms with E-state index < -0.39 is 11.8 Å². The maximum Gasteiger partial charge on any atom is 0.339 e. The van der Waals surface area contributed by atoms with E-state index in [-0.39, 0.29) is 11.4 Å². The Kier molecular flexibility index (Phi) is 3.79. The van der Waals surface area contributed by atoms with Gasteiger partial charge in [-0.1, -0.05) is 13.3 Å². The molecule has 18 heavy (non-hydrogen) atoms. The number of aromatic carboxylic acids is 1. The molecule has 0 aliphatic heterocycles. The van der Waals surface area contributed by atoms with E-state index in [0.29, 0.717) is 12.5 Å². The van der Waals surface area contributed by atoms with Gasteiger partial charge in [-0.25, -0.2) is 14.2 Å². The van der Waals surface area contributed by atoms with Crippen molar-refractivity contribution in [3.63, 3.8) is 0 Å². The van der Waals surface area contributed by atoms with Gasteiger partial charge in [0, 0.05) is 6.54 Å². The van der Waals surface area contributed by atoms with E-state index in [2.05, 4.69) is 17.2 Å². The zero-order valence-electron chi connectivity index (χ0n) is 10.3. The minimum atomic E-state index is -1.16. The Labute approximate surface area is 105 Å². The summed E-state index contributed by atoms with van der Waals surface area (Å²) in [5.41, 5.74) is -0.110. The topological polar surface area (TPSA) is 62.2 Å². The van der Waals surface area contributed by atoms with Crippen molar-refractivity contribution < 1.29 is 14.3 Å². The molecule has 1 heterocycles. The molecule has 2 unspecified atom stereocenters. The van der Waals surface area contributed by atoms with Crippen LogP contribution >= 0.6 is 0 Å². The van der Waals surface area contributed by atoms with Crippen LogP contribution in [0.3, 0.4) is 0 Å². The number of carboxylic acid groups (broad SMARTS) is 1. The molecule has 1 fully saturated rings. The van der Waals surface area contributed by atoms with Gasteiger partial charge in [0.1, 0.15) is 17.2 Å². The van der Waals surface area contributed by atoms with Crippen LogP contribution in [0.15, 0.2) is 12.3 Å². The zero-order chi connectivity index (χ0) is 13.1. The van der Waals surface area contributed by atoms with Gasteiger partial charge < -0.3 is 10.4 Å². The number of aromatic nitrogens is 1. The van der Waals surface area contributed by atoms with E-state index in [9.17, 15) is 9.18 Å². The maximum atomic E-state index is 12.9. The predicted octanol–water partition coefficient (Wildman–Crippen LogP) is 2.77. The molecule has 0 spiro atoms. The monoisotopic (exact) mass is 252 g/mol. The van der Waals surface area contributed by atoms with Gasteiger partial charge in [0.05, 0.1) is 6.20 Å². The first-order chi connectivity index (χ1) is 8.56. The number of pyridine rings is 1. The fourth-order valence-electron chi connectivity index (χ4n) is 2.49. The van der Waals surface area contributed by atoms with E-state index in [4.69, 9.17) is 5.11 Å². The summed E-state index contributed by atoms with van der Waals surface area (Å²) in [7, 11) is 0. The molecule has 2 rings (SSSR count). The summed E-state index contributed by atoms with van der Waals surface area (Å²) in [6.45, 7) is 2.92. The second-order valence-corrected chi connectivity index (χ2v) is 5.02. The molecule has 0 saturated heterocycles. The van der Waals surface area contributed by atoms with Crippen molar-refractivity contribution in [1.29, 1.82) is 0 Å². The van der Waals surface area contributed by atoms with Crippen molar-refractivity contribution in [1.82, 2.24) is 4.98 Å². The lowest BCUT2D eigenvalue weighted by molar-refractivity contribution is 0.0697. The van der Waals surface area contributed by atoms with Crippen molar-refractivity contribution >= 4 is 11.8 Å². The molecule has 0 radical (unpaired) electrons. The molecule has 0 amide bonds. The molecule has 98 valence electrons. The first-order valence-electron chi connectivity index (χ1n) is 6.19. The molecule has 0 bridgehead atoms. The average molecular weight is 252 g/mol. The minimum Gasteiger partial charge on any atom is -0.478 e. The lowest BCUT2D eigenvalue weighted by Gasteiger charge is -2.13. The molecular weight excluding hydrogens is 235 g/mol. The Balaban J connectivity index is 2.02. The first-order valence-corrected chi connectivity index (χ1v) is 6.19. The Morgan fingerprint density at radius 3 is 3.00 bits per heavy atom. The third-order valence-corrected chi connectivity index (χ3v) is 3.45. The molecule has 1 aliphatic carbocycles. The number of carbonyl (C=O) groups is 1. The third kappa shape index (κ3) is 2.97. The number of halogens is 1. The van der Waals surface area contributed by atoms with E-state index in [1.54, 1.807) is 0 Å². The quantitative estimate of drug-likeness (QED) is 0.865. The van der Waals surface area contributed by atoms with Crippen LogP contribution in [0.2, 0.25) is 0 Å². The maximum absolute atomic E-state index is 12.9. The van der Waals surface area contributed by atoms with Crippen molar-refractivity contribution in [2.24, 2.45) is 11.8 Å². The van der Waals surface area contributed by atoms with Crippen LogP contribution in [0.4, 0.5) is 10.2 Å². The Morgan fingerprint density at radius 2 is 2.39 bits per heavy atom. The van der Waals surface area contributed by atoms with Crippen molar-refractivity contribution in [2.75, 3.05) is 11.9 Å². The second-order valence-electron chi connectivity index (χ2n) is 5.02. The number of rotatable bonds is 4. The normalized spacial score (nSPS) is 23.0. The van der Waals surface area contributed by atoms with E-state index >= 15 is 0 Å². The molecule has 1 aromatic heterocycles. The van der Waals surface area contributed by atoms with Crippen LogP contribution in [0.5, 0.6) is 0 Å². The minimum absolute atomic E-state index is 0.110. The van der Waals surface area contributed by atoms with Crippen molar-refractivity contribution in [2.45, 2.75) is 26.2 Å². The van der Waals surface area contributed by atoms with Crippen LogP contribution in [-0.4, -0.2) is 22.6 Å². The van der Waals surface area contributed by atoms with E-state index in [0.717, 1.165) is 31.0 Å². The van der Waals surface area contributed by atoms with Gasteiger partial charge in [0.15, 0.2) is 0 Å². The Hall–Kier alpha value is -1.65. The molecule has 1 aliphatic rings. The van der Waals surface area contributed by atoms with Crippen LogP contribution in [0, 0.1) is 17.7 Å². The molecular formula is C13H17FN2O2. The largest absolute Gasteiger partial charge is 0.478 e. The van der Waals surface area contributed by atoms with Crippen molar-refractivity contribution in [3.05, 3.63) is 23.6 Å². The molecule has 1 aromatic rings. The summed E-state index contributed by atoms with van der Waals surface area (Å²) < 4.78 is 12.9. The van der Waals surface area contributed by atoms with Crippen molar-refractivity contribution in [3.8, 4) is 0 Å². The van der Waals surface area contributed by atoms with Gasteiger partial charge in [-0.15, -0.1) is 0 Å². The SMILES string of the molecule is CC1CCC(CNc2ncc(F)cc2C(=O)O)C1. The fourth-order valence-corrected chi connectivity index (χ4v) is 2.49. The number of hydrogen-bond donors (Lipinski definition) is 2. The van der Waals surface area contributed by atoms with Gasteiger partial charge in [-0.2, -0.15) is 0 Å². The summed E-state index contributed by atoms with van der Waals surface area (Å²) in [5, 5.41) is 12.0. The molecule has 1 saturated carbocycles. The summed E-state index contributed by atoms with van der Waals surface area (Å²) >= 11 is 0. The second kappa shape index (κ2) is 5.33. The molecule has 0 aromatic carbocycles. The molecule has 2 N–H and O–H groups in total. The highest BCUT2D eigenvalue weighted by molar-refractivity contribution is 5.93. The zero-order valence-corrected chi connectivity index (χ0v) is 10.3. The van der Waals surface area contributed by atoms with Crippen LogP contribution in [0.25, 0.3) is 0 Å². The fraction of sp³-hybridized carbons (Fsp3) is 0.538. The number of hydrogen-bond acceptors (Lipinski definition) is 3. The Morgan fingerprint density at radius 1 is 1.61 bits per heavy atom. The summed E-state index contributed by atoms with van der Waals surface area (Å²) in [6, 6.07) is 0.995. The first kappa shape index (κ1) is 12.8. The predicted molar refractivity (Wildman–Crippen MR) is 66.1 cm³/mol. The number of nitrogens with one attached hydrogen (secondary N) is 1. The summed E-state index contributed by atoms with van der Waals surface area (Å²) in [5.74, 6) is -0.259. The van der Waals surface area contributed by atoms with Gasteiger partial charge in [0.2, 0.25) is 0 Å². The third-order valence-electron chi connectivity index (χ3n) is 3.45. The van der Waals surface area contributed by atoms with E-state index in [1.165, 1.54) is 6.42 Å². The van der Waals surface area contributed by atoms with Gasteiger partial charge in [-0.05, 0) is 30.7 Å². The van der Waals surface area contributed by atoms with Gasteiger partial charge in [-0.3, -0.25) is 0 Å². The lowest BCUT2D eigenvalue weighted by Crippen LogP contribution is -2.15. The number of nitrogens with zero attached hydrogens (tertiary/aromatic N) is 1. The smallest absolute Gasteiger partial charge is 0.339 e. The lowest BCUT2D eigenvalue weighted by atomic mass is 10.1. The van der Waals surface area contributed by atoms with Gasteiger partial charge in [0.25, 0.3) is 0 Å². The van der Waals surface area contributed by atoms with Crippen LogP contribution < -0.4 is 5.32 Å². The number of anilines is 1. The summed E-state index contributed by atoms with van der Waals surface area (Å²) in [4.78, 5) is 14.8. The molecule has 5 heteroatoms. The molecule has 2 atom stereocenters. The summed E-state index contributed by atoms with van der Waals surface area (Å²) in [6.07, 6.45) is 4.55. The van der Waals surface area contributed by atoms with E-state index in [1.807, 2.05) is 0 Å². The highest BCUT2D eigenvalue weighted by atomic mass is 19.1. The standard InChI is InChI=1S/C13H17FN2O2/c1-8-2-3-9(4-8)6-15-12-11(13(17)18)5-10(14)7-16-12/h5,7-9H,2-4,6H2,1H3,(H,15,16)(H,17,18). The molecule has 4 nitrogen and oxygen atoms in total. The highest BCUT2D eigenvalue weighted by Crippen LogP contribution is 2.30. The van der Waals surface area contributed by atoms with Crippen LogP contribution in [0.1, 0.15) is 36.5 Å². The number of carboxylic acids is 1. The van der Waals surface area contributed by atoms with Gasteiger partial charge >= 0.3 is 5.97 Å². The Bertz CT molecular complexity index is 451. The highest BCUT2D eigenvalue weighted by Gasteiger charge is 2.22. The average Bonchev–Trinajstić information content (AvgIpc) is 2.73.